The predicted octanol–water partition coefficient (Wildman–Crippen LogP) is 9.35. The van der Waals surface area contributed by atoms with Gasteiger partial charge in [0.1, 0.15) is 6.07 Å². The molecule has 1 heterocycles. The average Bonchev–Trinajstić information content (AvgIpc) is 2.89. The van der Waals surface area contributed by atoms with Crippen LogP contribution in [0, 0.1) is 29.1 Å². The molecule has 1 aromatic rings. The second kappa shape index (κ2) is 15.4. The second-order valence-corrected chi connectivity index (χ2v) is 11.2. The largest absolute Gasteiger partial charge is 0.491 e. The smallest absolute Gasteiger partial charge is 0.182 e. The number of hydrogen-bond donors (Lipinski definition) is 0. The molecule has 3 rings (SSSR count). The highest BCUT2D eigenvalue weighted by atomic mass is 16.5. The molecule has 0 aliphatic heterocycles. The summed E-state index contributed by atoms with van der Waals surface area (Å²) in [6.45, 7) is 5.24. The molecule has 0 atom stereocenters. The lowest BCUT2D eigenvalue weighted by molar-refractivity contribution is 0.155. The molecular weight excluding hydrogens is 416 g/mol. The molecule has 3 heteroatoms. The lowest BCUT2D eigenvalue weighted by Crippen LogP contribution is -2.25. The van der Waals surface area contributed by atoms with Crippen LogP contribution in [-0.4, -0.2) is 11.6 Å². The normalized spacial score (nSPS) is 25.1. The molecule has 0 radical (unpaired) electrons. The van der Waals surface area contributed by atoms with Gasteiger partial charge in [0.25, 0.3) is 0 Å². The predicted molar refractivity (Wildman–Crippen MR) is 142 cm³/mol. The van der Waals surface area contributed by atoms with Gasteiger partial charge >= 0.3 is 0 Å². The fourth-order valence-corrected chi connectivity index (χ4v) is 6.47. The molecule has 0 aromatic carbocycles. The third kappa shape index (κ3) is 8.58. The molecule has 0 saturated heterocycles. The minimum atomic E-state index is 0.479. The van der Waals surface area contributed by atoms with Gasteiger partial charge in [-0.15, -0.1) is 0 Å². The maximum absolute atomic E-state index is 9.65. The summed E-state index contributed by atoms with van der Waals surface area (Å²) < 4.78 is 5.93. The third-order valence-corrected chi connectivity index (χ3v) is 8.71. The van der Waals surface area contributed by atoms with E-state index in [9.17, 15) is 5.26 Å². The molecule has 190 valence electrons. The number of aromatic nitrogens is 1. The van der Waals surface area contributed by atoms with Gasteiger partial charge in [-0.25, -0.2) is 4.98 Å². The number of ether oxygens (including phenoxy) is 1. The van der Waals surface area contributed by atoms with Crippen molar-refractivity contribution >= 4 is 0 Å². The van der Waals surface area contributed by atoms with Crippen LogP contribution in [0.4, 0.5) is 0 Å². The van der Waals surface area contributed by atoms with Gasteiger partial charge in [-0.3, -0.25) is 0 Å². The van der Waals surface area contributed by atoms with Crippen LogP contribution in [0.5, 0.6) is 5.75 Å². The first-order chi connectivity index (χ1) is 16.7. The first kappa shape index (κ1) is 27.0. The number of pyridine rings is 1. The SMILES string of the molecule is CCCCCCCCOc1ccc(C2CCC(C3CCC(CCCCC)CC3)CC2)nc1C#N. The van der Waals surface area contributed by atoms with E-state index >= 15 is 0 Å². The fraction of sp³-hybridized carbons (Fsp3) is 0.806. The van der Waals surface area contributed by atoms with E-state index in [0.717, 1.165) is 29.9 Å². The summed E-state index contributed by atoms with van der Waals surface area (Å²) in [4.78, 5) is 4.75. The van der Waals surface area contributed by atoms with E-state index in [0.29, 0.717) is 24.0 Å². The van der Waals surface area contributed by atoms with E-state index < -0.39 is 0 Å². The zero-order chi connectivity index (χ0) is 24.0. The molecule has 0 unspecified atom stereocenters. The van der Waals surface area contributed by atoms with Crippen molar-refractivity contribution in [3.63, 3.8) is 0 Å². The maximum atomic E-state index is 9.65. The van der Waals surface area contributed by atoms with E-state index in [2.05, 4.69) is 26.0 Å². The number of rotatable bonds is 14. The highest BCUT2D eigenvalue weighted by molar-refractivity contribution is 5.39. The Morgan fingerprint density at radius 2 is 1.41 bits per heavy atom. The Morgan fingerprint density at radius 3 is 2.09 bits per heavy atom. The van der Waals surface area contributed by atoms with Crippen molar-refractivity contribution in [2.75, 3.05) is 6.61 Å². The van der Waals surface area contributed by atoms with Crippen LogP contribution in [0.1, 0.15) is 147 Å². The minimum Gasteiger partial charge on any atom is -0.491 e. The van der Waals surface area contributed by atoms with Gasteiger partial charge in [0, 0.05) is 11.6 Å². The number of hydrogen-bond acceptors (Lipinski definition) is 3. The van der Waals surface area contributed by atoms with Gasteiger partial charge in [-0.2, -0.15) is 5.26 Å². The summed E-state index contributed by atoms with van der Waals surface area (Å²) in [6, 6.07) is 6.42. The summed E-state index contributed by atoms with van der Waals surface area (Å²) in [7, 11) is 0. The zero-order valence-electron chi connectivity index (χ0n) is 22.2. The van der Waals surface area contributed by atoms with Crippen molar-refractivity contribution in [1.29, 1.82) is 5.26 Å². The molecule has 34 heavy (non-hydrogen) atoms. The van der Waals surface area contributed by atoms with Gasteiger partial charge in [0.05, 0.1) is 6.61 Å². The van der Waals surface area contributed by atoms with Gasteiger partial charge in [-0.05, 0) is 74.8 Å². The van der Waals surface area contributed by atoms with Gasteiger partial charge in [0.2, 0.25) is 0 Å². The second-order valence-electron chi connectivity index (χ2n) is 11.2. The standard InChI is InChI=1S/C31H50N2O/c1-3-5-7-8-9-11-23-34-31-22-21-29(33-30(31)24-32)28-19-17-27(18-20-28)26-15-13-25(14-16-26)12-10-6-4-2/h21-22,25-28H,3-20,23H2,1-2H3. The zero-order valence-corrected chi connectivity index (χ0v) is 22.2. The summed E-state index contributed by atoms with van der Waals surface area (Å²) in [5.74, 6) is 4.08. The number of nitriles is 1. The Bertz CT molecular complexity index is 723. The highest BCUT2D eigenvalue weighted by Gasteiger charge is 2.31. The molecule has 0 amide bonds. The molecule has 1 aromatic heterocycles. The van der Waals surface area contributed by atoms with E-state index in [4.69, 9.17) is 9.72 Å². The van der Waals surface area contributed by atoms with Crippen molar-refractivity contribution in [3.05, 3.63) is 23.5 Å². The van der Waals surface area contributed by atoms with Crippen molar-refractivity contribution in [2.24, 2.45) is 17.8 Å². The average molecular weight is 467 g/mol. The van der Waals surface area contributed by atoms with Gasteiger partial charge in [0.15, 0.2) is 11.4 Å². The molecule has 3 nitrogen and oxygen atoms in total. The summed E-state index contributed by atoms with van der Waals surface area (Å²) in [5.41, 5.74) is 1.59. The van der Waals surface area contributed by atoms with Crippen LogP contribution in [0.2, 0.25) is 0 Å². The summed E-state index contributed by atoms with van der Waals surface area (Å²) in [6.07, 6.45) is 24.2. The number of nitrogens with zero attached hydrogens (tertiary/aromatic N) is 2. The minimum absolute atomic E-state index is 0.479. The third-order valence-electron chi connectivity index (χ3n) is 8.71. The lowest BCUT2D eigenvalue weighted by atomic mass is 9.68. The monoisotopic (exact) mass is 466 g/mol. The van der Waals surface area contributed by atoms with Crippen LogP contribution >= 0.6 is 0 Å². The van der Waals surface area contributed by atoms with E-state index in [1.54, 1.807) is 0 Å². The molecule has 2 aliphatic carbocycles. The first-order valence-electron chi connectivity index (χ1n) is 14.8. The van der Waals surface area contributed by atoms with Gasteiger partial charge < -0.3 is 4.74 Å². The van der Waals surface area contributed by atoms with Crippen LogP contribution < -0.4 is 4.74 Å². The number of unbranched alkanes of at least 4 members (excludes halogenated alkanes) is 7. The molecule has 0 N–H and O–H groups in total. The van der Waals surface area contributed by atoms with Crippen LogP contribution in [0.3, 0.4) is 0 Å². The van der Waals surface area contributed by atoms with E-state index in [1.807, 2.05) is 6.07 Å². The molecule has 0 spiro atoms. The Balaban J connectivity index is 1.40. The molecule has 2 saturated carbocycles. The lowest BCUT2D eigenvalue weighted by Gasteiger charge is -2.38. The van der Waals surface area contributed by atoms with Crippen LogP contribution in [-0.2, 0) is 0 Å². The Kier molecular flexibility index (Phi) is 12.3. The van der Waals surface area contributed by atoms with Crippen molar-refractivity contribution in [3.8, 4) is 11.8 Å². The van der Waals surface area contributed by atoms with Crippen molar-refractivity contribution < 1.29 is 4.74 Å². The Hall–Kier alpha value is -1.56. The summed E-state index contributed by atoms with van der Waals surface area (Å²) >= 11 is 0. The van der Waals surface area contributed by atoms with Crippen molar-refractivity contribution in [1.82, 2.24) is 4.98 Å². The summed E-state index contributed by atoms with van der Waals surface area (Å²) in [5, 5.41) is 9.65. The van der Waals surface area contributed by atoms with E-state index in [-0.39, 0.29) is 0 Å². The molecule has 2 aliphatic rings. The molecular formula is C31H50N2O. The fourth-order valence-electron chi connectivity index (χ4n) is 6.47. The van der Waals surface area contributed by atoms with Crippen LogP contribution in [0.25, 0.3) is 0 Å². The van der Waals surface area contributed by atoms with Gasteiger partial charge in [-0.1, -0.05) is 84.5 Å². The topological polar surface area (TPSA) is 45.9 Å². The highest BCUT2D eigenvalue weighted by Crippen LogP contribution is 2.44. The van der Waals surface area contributed by atoms with E-state index in [1.165, 1.54) is 109 Å². The Labute approximate surface area is 210 Å². The first-order valence-corrected chi connectivity index (χ1v) is 14.8. The maximum Gasteiger partial charge on any atom is 0.182 e. The van der Waals surface area contributed by atoms with Crippen molar-refractivity contribution in [2.45, 2.75) is 135 Å². The quantitative estimate of drug-likeness (QED) is 0.256. The molecule has 2 fully saturated rings. The van der Waals surface area contributed by atoms with Crippen LogP contribution in [0.15, 0.2) is 12.1 Å². The molecule has 0 bridgehead atoms. The Morgan fingerprint density at radius 1 is 0.794 bits per heavy atom.